The van der Waals surface area contributed by atoms with Crippen LogP contribution in [0.1, 0.15) is 49.8 Å². The summed E-state index contributed by atoms with van der Waals surface area (Å²) >= 11 is 0. The van der Waals surface area contributed by atoms with Crippen LogP contribution in [-0.4, -0.2) is 49.5 Å². The van der Waals surface area contributed by atoms with Crippen molar-refractivity contribution in [3.05, 3.63) is 53.6 Å². The fourth-order valence-electron chi connectivity index (χ4n) is 4.51. The zero-order chi connectivity index (χ0) is 21.1. The Hall–Kier alpha value is -2.53. The third-order valence-electron chi connectivity index (χ3n) is 6.48. The first-order valence-corrected chi connectivity index (χ1v) is 10.9. The fraction of sp³-hybridized carbons (Fsp3) is 0.480. The van der Waals surface area contributed by atoms with Crippen molar-refractivity contribution < 1.29 is 9.47 Å². The highest BCUT2D eigenvalue weighted by molar-refractivity contribution is 5.71. The first-order valence-electron chi connectivity index (χ1n) is 10.9. The van der Waals surface area contributed by atoms with Crippen LogP contribution < -0.4 is 9.47 Å². The van der Waals surface area contributed by atoms with E-state index < -0.39 is 0 Å². The number of ether oxygens (including phenoxy) is 2. The molecule has 2 aromatic carbocycles. The predicted molar refractivity (Wildman–Crippen MR) is 122 cm³/mol. The number of aliphatic imine (C=N–C) groups is 1. The Morgan fingerprint density at radius 3 is 2.43 bits per heavy atom. The van der Waals surface area contributed by atoms with Crippen LogP contribution in [0.25, 0.3) is 0 Å². The average molecular weight is 408 g/mol. The van der Waals surface area contributed by atoms with Gasteiger partial charge in [-0.1, -0.05) is 30.3 Å². The predicted octanol–water partition coefficient (Wildman–Crippen LogP) is 5.18. The van der Waals surface area contributed by atoms with Gasteiger partial charge in [-0.3, -0.25) is 0 Å². The third-order valence-corrected chi connectivity index (χ3v) is 6.48. The Morgan fingerprint density at radius 1 is 1.03 bits per heavy atom. The van der Waals surface area contributed by atoms with Gasteiger partial charge < -0.3 is 19.3 Å². The van der Waals surface area contributed by atoms with E-state index in [9.17, 15) is 0 Å². The quantitative estimate of drug-likeness (QED) is 0.661. The summed E-state index contributed by atoms with van der Waals surface area (Å²) in [5, 5.41) is 0. The van der Waals surface area contributed by atoms with Crippen molar-refractivity contribution >= 4 is 12.0 Å². The molecule has 1 heterocycles. The molecule has 0 bridgehead atoms. The molecule has 1 atom stereocenters. The topological polar surface area (TPSA) is 37.3 Å². The van der Waals surface area contributed by atoms with Gasteiger partial charge in [0.05, 0.1) is 31.3 Å². The van der Waals surface area contributed by atoms with Gasteiger partial charge in [0.1, 0.15) is 0 Å². The Kier molecular flexibility index (Phi) is 6.28. The van der Waals surface area contributed by atoms with Gasteiger partial charge in [0.2, 0.25) is 0 Å². The highest BCUT2D eigenvalue weighted by Gasteiger charge is 2.27. The maximum absolute atomic E-state index is 6.46. The van der Waals surface area contributed by atoms with Gasteiger partial charge in [-0.25, -0.2) is 4.99 Å². The smallest absolute Gasteiger partial charge is 0.162 e. The SMILES string of the molecule is COc1cc2c(cc1O[C@H]1CC[C@@H](N(C)C)CC1)C(C)N(Cc1ccccc1)C=N2. The molecule has 1 fully saturated rings. The molecule has 1 aliphatic carbocycles. The van der Waals surface area contributed by atoms with Gasteiger partial charge in [-0.2, -0.15) is 0 Å². The molecule has 2 aromatic rings. The molecule has 30 heavy (non-hydrogen) atoms. The normalized spacial score (nSPS) is 23.4. The van der Waals surface area contributed by atoms with E-state index in [-0.39, 0.29) is 12.1 Å². The number of methoxy groups -OCH3 is 1. The summed E-state index contributed by atoms with van der Waals surface area (Å²) in [6, 6.07) is 15.6. The van der Waals surface area contributed by atoms with Crippen LogP contribution in [0.2, 0.25) is 0 Å². The van der Waals surface area contributed by atoms with E-state index in [1.165, 1.54) is 24.0 Å². The van der Waals surface area contributed by atoms with Crippen molar-refractivity contribution in [3.8, 4) is 11.5 Å². The van der Waals surface area contributed by atoms with Gasteiger partial charge in [0.15, 0.2) is 11.5 Å². The maximum atomic E-state index is 6.46. The van der Waals surface area contributed by atoms with Crippen LogP contribution in [0.4, 0.5) is 5.69 Å². The largest absolute Gasteiger partial charge is 0.493 e. The molecular weight excluding hydrogens is 374 g/mol. The molecule has 5 nitrogen and oxygen atoms in total. The zero-order valence-electron chi connectivity index (χ0n) is 18.5. The average Bonchev–Trinajstić information content (AvgIpc) is 2.77. The molecule has 5 heteroatoms. The Balaban J connectivity index is 1.51. The van der Waals surface area contributed by atoms with Crippen molar-refractivity contribution in [2.75, 3.05) is 21.2 Å². The molecular formula is C25H33N3O2. The number of hydrogen-bond donors (Lipinski definition) is 0. The van der Waals surface area contributed by atoms with E-state index in [0.717, 1.165) is 36.6 Å². The Labute approximate surface area is 180 Å². The molecule has 1 unspecified atom stereocenters. The van der Waals surface area contributed by atoms with Crippen molar-refractivity contribution in [1.82, 2.24) is 9.80 Å². The number of hydrogen-bond acceptors (Lipinski definition) is 5. The highest BCUT2D eigenvalue weighted by Crippen LogP contribution is 2.42. The van der Waals surface area contributed by atoms with Crippen LogP contribution in [0.3, 0.4) is 0 Å². The second-order valence-corrected chi connectivity index (χ2v) is 8.65. The van der Waals surface area contributed by atoms with E-state index in [4.69, 9.17) is 14.5 Å². The molecule has 160 valence electrons. The fourth-order valence-corrected chi connectivity index (χ4v) is 4.51. The summed E-state index contributed by atoms with van der Waals surface area (Å²) in [5.41, 5.74) is 3.43. The lowest BCUT2D eigenvalue weighted by Gasteiger charge is -2.34. The molecule has 1 aliphatic heterocycles. The highest BCUT2D eigenvalue weighted by atomic mass is 16.5. The second kappa shape index (κ2) is 9.09. The van der Waals surface area contributed by atoms with Crippen molar-refractivity contribution in [3.63, 3.8) is 0 Å². The zero-order valence-corrected chi connectivity index (χ0v) is 18.5. The molecule has 1 saturated carbocycles. The number of benzene rings is 2. The van der Waals surface area contributed by atoms with Crippen LogP contribution in [0.15, 0.2) is 47.5 Å². The lowest BCUT2D eigenvalue weighted by Crippen LogP contribution is -2.35. The molecule has 0 saturated heterocycles. The van der Waals surface area contributed by atoms with E-state index in [1.54, 1.807) is 7.11 Å². The van der Waals surface area contributed by atoms with Gasteiger partial charge in [0.25, 0.3) is 0 Å². The number of rotatable bonds is 6. The maximum Gasteiger partial charge on any atom is 0.162 e. The Bertz CT molecular complexity index is 873. The van der Waals surface area contributed by atoms with E-state index in [1.807, 2.05) is 12.4 Å². The summed E-state index contributed by atoms with van der Waals surface area (Å²) in [6.07, 6.45) is 6.71. The lowest BCUT2D eigenvalue weighted by atomic mass is 9.92. The summed E-state index contributed by atoms with van der Waals surface area (Å²) in [4.78, 5) is 9.31. The third kappa shape index (κ3) is 4.46. The first kappa shape index (κ1) is 20.7. The van der Waals surface area contributed by atoms with Crippen LogP contribution >= 0.6 is 0 Å². The molecule has 4 rings (SSSR count). The number of fused-ring (bicyclic) bond motifs is 1. The second-order valence-electron chi connectivity index (χ2n) is 8.65. The number of nitrogens with zero attached hydrogens (tertiary/aromatic N) is 3. The minimum absolute atomic E-state index is 0.218. The lowest BCUT2D eigenvalue weighted by molar-refractivity contribution is 0.108. The summed E-state index contributed by atoms with van der Waals surface area (Å²) in [6.45, 7) is 3.06. The van der Waals surface area contributed by atoms with E-state index in [0.29, 0.717) is 6.04 Å². The van der Waals surface area contributed by atoms with E-state index in [2.05, 4.69) is 67.2 Å². The van der Waals surface area contributed by atoms with Crippen molar-refractivity contribution in [2.45, 2.75) is 57.3 Å². The molecule has 0 aromatic heterocycles. The molecule has 2 aliphatic rings. The van der Waals surface area contributed by atoms with Crippen molar-refractivity contribution in [2.24, 2.45) is 4.99 Å². The molecule has 0 radical (unpaired) electrons. The van der Waals surface area contributed by atoms with Gasteiger partial charge in [0, 0.05) is 24.2 Å². The molecule has 0 amide bonds. The van der Waals surface area contributed by atoms with Crippen LogP contribution in [0, 0.1) is 0 Å². The van der Waals surface area contributed by atoms with Gasteiger partial charge in [-0.05, 0) is 58.3 Å². The monoisotopic (exact) mass is 407 g/mol. The standard InChI is InChI=1S/C25H33N3O2/c1-18-22-14-25(30-21-12-10-20(11-13-21)27(2)3)24(29-4)15-23(22)26-17-28(18)16-19-8-6-5-7-9-19/h5-9,14-15,17-18,20-21H,10-13,16H2,1-4H3/t18?,20-,21+. The summed E-state index contributed by atoms with van der Waals surface area (Å²) < 4.78 is 12.1. The minimum Gasteiger partial charge on any atom is -0.493 e. The summed E-state index contributed by atoms with van der Waals surface area (Å²) in [7, 11) is 6.04. The minimum atomic E-state index is 0.218. The van der Waals surface area contributed by atoms with Gasteiger partial charge in [-0.15, -0.1) is 0 Å². The van der Waals surface area contributed by atoms with E-state index >= 15 is 0 Å². The first-order chi connectivity index (χ1) is 14.5. The van der Waals surface area contributed by atoms with Crippen LogP contribution in [0.5, 0.6) is 11.5 Å². The van der Waals surface area contributed by atoms with Crippen LogP contribution in [-0.2, 0) is 6.54 Å². The van der Waals surface area contributed by atoms with Crippen molar-refractivity contribution in [1.29, 1.82) is 0 Å². The Morgan fingerprint density at radius 2 is 1.77 bits per heavy atom. The van der Waals surface area contributed by atoms with Gasteiger partial charge >= 0.3 is 0 Å². The summed E-state index contributed by atoms with van der Waals surface area (Å²) in [5.74, 6) is 1.61. The molecule has 0 spiro atoms. The molecule has 0 N–H and O–H groups in total.